The van der Waals surface area contributed by atoms with Gasteiger partial charge in [0, 0.05) is 14.8 Å². The van der Waals surface area contributed by atoms with E-state index >= 15 is 0 Å². The van der Waals surface area contributed by atoms with Crippen molar-refractivity contribution in [3.8, 4) is 5.75 Å². The molecule has 1 heterocycles. The van der Waals surface area contributed by atoms with Crippen molar-refractivity contribution in [1.82, 2.24) is 0 Å². The van der Waals surface area contributed by atoms with E-state index in [1.165, 1.54) is 0 Å². The quantitative estimate of drug-likeness (QED) is 0.584. The molecule has 2 aromatic carbocycles. The van der Waals surface area contributed by atoms with E-state index in [0.29, 0.717) is 21.5 Å². The smallest absolute Gasteiger partial charge is 0.197 e. The Kier molecular flexibility index (Phi) is 4.63. The van der Waals surface area contributed by atoms with Crippen LogP contribution in [0.3, 0.4) is 0 Å². The highest BCUT2D eigenvalue weighted by atomic mass is 35.5. The molecule has 0 amide bonds. The van der Waals surface area contributed by atoms with Gasteiger partial charge in [-0.2, -0.15) is 0 Å². The first-order chi connectivity index (χ1) is 9.72. The lowest BCUT2D eigenvalue weighted by molar-refractivity contribution is 0.415. The van der Waals surface area contributed by atoms with Crippen LogP contribution in [-0.2, 0) is 0 Å². The highest BCUT2D eigenvalue weighted by Gasteiger charge is 2.12. The summed E-state index contributed by atoms with van der Waals surface area (Å²) in [6, 6.07) is 11.2. The van der Waals surface area contributed by atoms with Crippen LogP contribution < -0.4 is 10.2 Å². The van der Waals surface area contributed by atoms with Crippen molar-refractivity contribution in [2.45, 2.75) is 13.8 Å². The molecule has 0 radical (unpaired) electrons. The first-order valence-electron chi connectivity index (χ1n) is 6.40. The van der Waals surface area contributed by atoms with Crippen molar-refractivity contribution in [1.29, 1.82) is 0 Å². The summed E-state index contributed by atoms with van der Waals surface area (Å²) in [5.41, 5.74) is -0.0387. The van der Waals surface area contributed by atoms with Gasteiger partial charge in [0.25, 0.3) is 0 Å². The van der Waals surface area contributed by atoms with Gasteiger partial charge < -0.3 is 4.74 Å². The molecule has 0 spiro atoms. The number of hydrogen-bond acceptors (Lipinski definition) is 3. The summed E-state index contributed by atoms with van der Waals surface area (Å²) in [6.07, 6.45) is 0. The molecule has 3 aromatic rings. The summed E-state index contributed by atoms with van der Waals surface area (Å²) < 4.78 is 7.00. The number of rotatable bonds is 1. The number of benzene rings is 2. The molecule has 4 heteroatoms. The molecule has 0 fully saturated rings. The lowest BCUT2D eigenvalue weighted by Crippen LogP contribution is -2.02. The van der Waals surface area contributed by atoms with Gasteiger partial charge >= 0.3 is 0 Å². The van der Waals surface area contributed by atoms with E-state index in [2.05, 4.69) is 0 Å². The van der Waals surface area contributed by atoms with Crippen LogP contribution in [-0.4, -0.2) is 7.11 Å². The Morgan fingerprint density at radius 1 is 1.05 bits per heavy atom. The minimum Gasteiger partial charge on any atom is -0.495 e. The Morgan fingerprint density at radius 3 is 2.45 bits per heavy atom. The minimum absolute atomic E-state index is 0.0387. The van der Waals surface area contributed by atoms with Gasteiger partial charge in [0.1, 0.15) is 5.75 Å². The highest BCUT2D eigenvalue weighted by Crippen LogP contribution is 2.34. The molecule has 0 atom stereocenters. The summed E-state index contributed by atoms with van der Waals surface area (Å²) >= 11 is 7.79. The van der Waals surface area contributed by atoms with Gasteiger partial charge in [0.05, 0.1) is 17.5 Å². The summed E-state index contributed by atoms with van der Waals surface area (Å²) in [7, 11) is 1.54. The normalized spacial score (nSPS) is 10.2. The largest absolute Gasteiger partial charge is 0.495 e. The van der Waals surface area contributed by atoms with Crippen molar-refractivity contribution in [2.24, 2.45) is 0 Å². The van der Waals surface area contributed by atoms with E-state index < -0.39 is 0 Å². The molecule has 0 aliphatic rings. The molecular formula is C16H15ClO2S. The standard InChI is InChI=1S/C14H9ClO2S.C2H6/c1-17-9-6-7-11-12(13(9)15)14(16)8-4-2-3-5-10(8)18-11;1-2/h2-7H,1H3;1-2H3. The van der Waals surface area contributed by atoms with Gasteiger partial charge in [-0.3, -0.25) is 4.79 Å². The van der Waals surface area contributed by atoms with Crippen molar-refractivity contribution >= 4 is 43.1 Å². The van der Waals surface area contributed by atoms with Crippen LogP contribution in [0.15, 0.2) is 41.2 Å². The van der Waals surface area contributed by atoms with Crippen LogP contribution in [0.25, 0.3) is 20.2 Å². The van der Waals surface area contributed by atoms with E-state index in [4.69, 9.17) is 16.3 Å². The second-order valence-electron chi connectivity index (χ2n) is 3.88. The number of halogens is 1. The zero-order valence-corrected chi connectivity index (χ0v) is 13.1. The Bertz CT molecular complexity index is 809. The lowest BCUT2D eigenvalue weighted by atomic mass is 10.2. The van der Waals surface area contributed by atoms with E-state index in [-0.39, 0.29) is 5.43 Å². The van der Waals surface area contributed by atoms with Crippen molar-refractivity contribution < 1.29 is 4.74 Å². The van der Waals surface area contributed by atoms with Gasteiger partial charge in [-0.15, -0.1) is 11.3 Å². The first-order valence-corrected chi connectivity index (χ1v) is 7.60. The molecule has 0 saturated carbocycles. The maximum absolute atomic E-state index is 12.4. The third-order valence-corrected chi connectivity index (χ3v) is 4.38. The van der Waals surface area contributed by atoms with Gasteiger partial charge in [-0.25, -0.2) is 0 Å². The van der Waals surface area contributed by atoms with Crippen LogP contribution in [0, 0.1) is 0 Å². The zero-order valence-electron chi connectivity index (χ0n) is 11.6. The monoisotopic (exact) mass is 306 g/mol. The Morgan fingerprint density at radius 2 is 1.75 bits per heavy atom. The average molecular weight is 307 g/mol. The summed E-state index contributed by atoms with van der Waals surface area (Å²) in [6.45, 7) is 4.00. The van der Waals surface area contributed by atoms with E-state index in [0.717, 1.165) is 9.40 Å². The fourth-order valence-corrected chi connectivity index (χ4v) is 3.46. The SMILES string of the molecule is CC.COc1ccc2sc3ccccc3c(=O)c2c1Cl. The van der Waals surface area contributed by atoms with Crippen LogP contribution in [0.2, 0.25) is 5.02 Å². The van der Waals surface area contributed by atoms with E-state index in [9.17, 15) is 4.79 Å². The third kappa shape index (κ3) is 2.39. The van der Waals surface area contributed by atoms with Crippen LogP contribution >= 0.6 is 22.9 Å². The van der Waals surface area contributed by atoms with Gasteiger partial charge in [-0.05, 0) is 24.3 Å². The minimum atomic E-state index is -0.0387. The molecule has 0 saturated heterocycles. The molecule has 2 nitrogen and oxygen atoms in total. The maximum atomic E-state index is 12.4. The molecule has 0 unspecified atom stereocenters. The second kappa shape index (κ2) is 6.25. The lowest BCUT2D eigenvalue weighted by Gasteiger charge is -2.06. The number of ether oxygens (including phenoxy) is 1. The highest BCUT2D eigenvalue weighted by molar-refractivity contribution is 7.24. The number of methoxy groups -OCH3 is 1. The van der Waals surface area contributed by atoms with E-state index in [1.54, 1.807) is 24.5 Å². The molecule has 0 aliphatic carbocycles. The fourth-order valence-electron chi connectivity index (χ4n) is 1.99. The molecule has 104 valence electrons. The van der Waals surface area contributed by atoms with Gasteiger partial charge in [0.15, 0.2) is 5.43 Å². The molecule has 0 N–H and O–H groups in total. The van der Waals surface area contributed by atoms with Crippen LogP contribution in [0.4, 0.5) is 0 Å². The molecule has 3 rings (SSSR count). The summed E-state index contributed by atoms with van der Waals surface area (Å²) in [5.74, 6) is 0.531. The number of hydrogen-bond donors (Lipinski definition) is 0. The Labute approximate surface area is 126 Å². The van der Waals surface area contributed by atoms with E-state index in [1.807, 2.05) is 44.2 Å². The maximum Gasteiger partial charge on any atom is 0.197 e. The van der Waals surface area contributed by atoms with Crippen molar-refractivity contribution in [3.05, 3.63) is 51.6 Å². The molecular weight excluding hydrogens is 292 g/mol. The topological polar surface area (TPSA) is 26.3 Å². The Hall–Kier alpha value is -1.58. The summed E-state index contributed by atoms with van der Waals surface area (Å²) in [4.78, 5) is 12.4. The first kappa shape index (κ1) is 14.8. The fraction of sp³-hybridized carbons (Fsp3) is 0.188. The summed E-state index contributed by atoms with van der Waals surface area (Å²) in [5, 5.41) is 1.63. The van der Waals surface area contributed by atoms with Gasteiger partial charge in [-0.1, -0.05) is 37.6 Å². The van der Waals surface area contributed by atoms with Crippen molar-refractivity contribution in [3.63, 3.8) is 0 Å². The second-order valence-corrected chi connectivity index (χ2v) is 5.34. The Balaban J connectivity index is 0.000000704. The third-order valence-electron chi connectivity index (χ3n) is 2.87. The average Bonchev–Trinajstić information content (AvgIpc) is 2.50. The molecule has 0 bridgehead atoms. The predicted molar refractivity (Wildman–Crippen MR) is 88.5 cm³/mol. The molecule has 1 aromatic heterocycles. The number of fused-ring (bicyclic) bond motifs is 2. The van der Waals surface area contributed by atoms with Crippen LogP contribution in [0.1, 0.15) is 13.8 Å². The zero-order chi connectivity index (χ0) is 14.7. The molecule has 0 aliphatic heterocycles. The predicted octanol–water partition coefficient (Wildman–Crippen LogP) is 5.10. The van der Waals surface area contributed by atoms with Gasteiger partial charge in [0.2, 0.25) is 0 Å². The van der Waals surface area contributed by atoms with Crippen molar-refractivity contribution in [2.75, 3.05) is 7.11 Å². The van der Waals surface area contributed by atoms with Crippen LogP contribution in [0.5, 0.6) is 5.75 Å². The molecule has 20 heavy (non-hydrogen) atoms.